The fourth-order valence-electron chi connectivity index (χ4n) is 2.87. The molecule has 3 aromatic carbocycles. The van der Waals surface area contributed by atoms with E-state index in [1.165, 1.54) is 11.1 Å². The van der Waals surface area contributed by atoms with Gasteiger partial charge < -0.3 is 7.58 Å². The Kier molecular flexibility index (Phi) is 4.88. The molecular formula is C22H18AlNO2-. The number of pyridine rings is 1. The molecule has 4 aromatic rings. The minimum atomic E-state index is -1.20. The zero-order valence-electron chi connectivity index (χ0n) is 14.6. The lowest BCUT2D eigenvalue weighted by Gasteiger charge is -2.22. The normalized spacial score (nSPS) is 10.7. The van der Waals surface area contributed by atoms with E-state index in [9.17, 15) is 0 Å². The number of aryl methyl sites for hydroxylation is 1. The van der Waals surface area contributed by atoms with E-state index in [1.54, 1.807) is 0 Å². The molecule has 1 radical (unpaired) electrons. The number of fused-ring (bicyclic) bond motifs is 1. The Morgan fingerprint density at radius 1 is 0.692 bits per heavy atom. The summed E-state index contributed by atoms with van der Waals surface area (Å²) in [6, 6.07) is 28.5. The van der Waals surface area contributed by atoms with Crippen molar-refractivity contribution in [3.8, 4) is 22.6 Å². The molecule has 26 heavy (non-hydrogen) atoms. The first-order valence-corrected chi connectivity index (χ1v) is 9.72. The summed E-state index contributed by atoms with van der Waals surface area (Å²) in [6.07, 6.45) is 0. The summed E-state index contributed by atoms with van der Waals surface area (Å²) in [5.74, 6) is 1.62. The average Bonchev–Trinajstić information content (AvgIpc) is 2.69. The quantitative estimate of drug-likeness (QED) is 0.476. The van der Waals surface area contributed by atoms with Gasteiger partial charge in [-0.3, -0.25) is 0 Å². The molecule has 1 aromatic heterocycles. The molecule has 0 saturated carbocycles. The first-order chi connectivity index (χ1) is 12.8. The van der Waals surface area contributed by atoms with Gasteiger partial charge in [0.25, 0.3) is 0 Å². The molecule has 0 N–H and O–H groups in total. The smallest absolute Gasteiger partial charge is 0.494 e. The molecule has 0 aliphatic rings. The van der Waals surface area contributed by atoms with E-state index >= 15 is 0 Å². The Morgan fingerprint density at radius 3 is 2.27 bits per heavy atom. The Balaban J connectivity index is 1.43. The van der Waals surface area contributed by atoms with Crippen molar-refractivity contribution < 1.29 is 7.58 Å². The second-order valence-corrected chi connectivity index (χ2v) is 6.89. The minimum Gasteiger partial charge on any atom is -0.789 e. The van der Waals surface area contributed by atoms with E-state index in [2.05, 4.69) is 35.3 Å². The lowest BCUT2D eigenvalue weighted by Crippen LogP contribution is -2.11. The van der Waals surface area contributed by atoms with Crippen LogP contribution in [-0.4, -0.2) is 20.9 Å². The summed E-state index contributed by atoms with van der Waals surface area (Å²) in [6.45, 7) is 1.98. The van der Waals surface area contributed by atoms with E-state index in [4.69, 9.17) is 7.58 Å². The third-order valence-electron chi connectivity index (χ3n) is 4.22. The maximum Gasteiger partial charge on any atom is 0.494 e. The van der Waals surface area contributed by atoms with Crippen LogP contribution in [0.1, 0.15) is 5.69 Å². The van der Waals surface area contributed by atoms with E-state index < -0.39 is 15.9 Å². The van der Waals surface area contributed by atoms with Crippen LogP contribution >= 0.6 is 0 Å². The SMILES string of the molecule is Cc1ccc2cccc([O][AlH-][O]c3ccc(-c4ccccc4)cc3)c2n1. The van der Waals surface area contributed by atoms with Gasteiger partial charge in [0, 0.05) is 16.8 Å². The third-order valence-corrected chi connectivity index (χ3v) is 5.10. The molecule has 1 heterocycles. The van der Waals surface area contributed by atoms with Crippen molar-refractivity contribution in [2.45, 2.75) is 6.92 Å². The first-order valence-electron chi connectivity index (χ1n) is 8.57. The Morgan fingerprint density at radius 2 is 1.46 bits per heavy atom. The van der Waals surface area contributed by atoms with Crippen molar-refractivity contribution in [1.29, 1.82) is 0 Å². The van der Waals surface area contributed by atoms with Gasteiger partial charge in [-0.15, -0.1) is 0 Å². The fraction of sp³-hybridized carbons (Fsp3) is 0.0455. The number of aromatic nitrogens is 1. The van der Waals surface area contributed by atoms with Gasteiger partial charge in [-0.1, -0.05) is 60.7 Å². The molecule has 0 aliphatic heterocycles. The highest BCUT2D eigenvalue weighted by atomic mass is 27.2. The number of hydrogen-bond acceptors (Lipinski definition) is 3. The molecule has 3 nitrogen and oxygen atoms in total. The number of rotatable bonds is 5. The van der Waals surface area contributed by atoms with Crippen LogP contribution in [0.4, 0.5) is 0 Å². The van der Waals surface area contributed by atoms with Gasteiger partial charge in [0.05, 0.1) is 5.75 Å². The number of nitrogens with zero attached hydrogens (tertiary/aromatic N) is 1. The summed E-state index contributed by atoms with van der Waals surface area (Å²) in [5, 5.41) is 1.08. The van der Waals surface area contributed by atoms with E-state index in [1.807, 2.05) is 61.5 Å². The van der Waals surface area contributed by atoms with Gasteiger partial charge in [-0.05, 0) is 42.3 Å². The van der Waals surface area contributed by atoms with Gasteiger partial charge in [-0.25, -0.2) is 4.98 Å². The molecule has 0 atom stereocenters. The third kappa shape index (κ3) is 3.72. The fourth-order valence-corrected chi connectivity index (χ4v) is 3.62. The molecule has 4 rings (SSSR count). The molecule has 0 fully saturated rings. The molecule has 0 bridgehead atoms. The summed E-state index contributed by atoms with van der Waals surface area (Å²) < 4.78 is 11.8. The molecule has 0 spiro atoms. The largest absolute Gasteiger partial charge is 0.789 e. The van der Waals surface area contributed by atoms with Crippen LogP contribution in [0.3, 0.4) is 0 Å². The highest BCUT2D eigenvalue weighted by Gasteiger charge is 2.01. The minimum absolute atomic E-state index is 0.791. The summed E-state index contributed by atoms with van der Waals surface area (Å²) in [5.41, 5.74) is 4.25. The standard InChI is InChI=1S/C12H10O.C10H9NO.Al.H/c13-12-8-6-11(7-9-12)10-4-2-1-3-5-10;1-7-5-6-8-3-2-4-9(12)10(8)11-7;;/h1-9,13H;2-6,12H,1H3;;/q;;+1;/p-2. The summed E-state index contributed by atoms with van der Waals surface area (Å²) in [4.78, 5) is 4.59. The van der Waals surface area contributed by atoms with Gasteiger partial charge >= 0.3 is 15.9 Å². The summed E-state index contributed by atoms with van der Waals surface area (Å²) in [7, 11) is 0. The van der Waals surface area contributed by atoms with Crippen molar-refractivity contribution in [1.82, 2.24) is 4.98 Å². The molecule has 127 valence electrons. The zero-order chi connectivity index (χ0) is 17.8. The molecule has 0 unspecified atom stereocenters. The lowest BCUT2D eigenvalue weighted by atomic mass is 10.1. The van der Waals surface area contributed by atoms with Crippen molar-refractivity contribution in [3.63, 3.8) is 0 Å². The highest BCUT2D eigenvalue weighted by Crippen LogP contribution is 2.25. The summed E-state index contributed by atoms with van der Waals surface area (Å²) >= 11 is -1.20. The Labute approximate surface area is 159 Å². The van der Waals surface area contributed by atoms with Crippen LogP contribution in [0.15, 0.2) is 84.9 Å². The maximum atomic E-state index is 5.95. The number of hydrogen-bond donors (Lipinski definition) is 0. The Hall–Kier alpha value is -2.80. The monoisotopic (exact) mass is 355 g/mol. The Bertz CT molecular complexity index is 1020. The van der Waals surface area contributed by atoms with Gasteiger partial charge in [0.15, 0.2) is 0 Å². The first kappa shape index (κ1) is 16.7. The molecule has 0 amide bonds. The average molecular weight is 355 g/mol. The molecule has 4 heteroatoms. The van der Waals surface area contributed by atoms with Crippen LogP contribution in [0.2, 0.25) is 0 Å². The predicted molar refractivity (Wildman–Crippen MR) is 107 cm³/mol. The predicted octanol–water partition coefficient (Wildman–Crippen LogP) is 4.93. The number of benzene rings is 3. The van der Waals surface area contributed by atoms with Crippen LogP contribution in [0.5, 0.6) is 11.5 Å². The van der Waals surface area contributed by atoms with E-state index in [0.29, 0.717) is 0 Å². The van der Waals surface area contributed by atoms with Crippen LogP contribution in [-0.2, 0) is 0 Å². The van der Waals surface area contributed by atoms with Gasteiger partial charge in [-0.2, -0.15) is 0 Å². The highest BCUT2D eigenvalue weighted by molar-refractivity contribution is 6.21. The van der Waals surface area contributed by atoms with E-state index in [0.717, 1.165) is 28.1 Å². The van der Waals surface area contributed by atoms with E-state index in [-0.39, 0.29) is 0 Å². The number of para-hydroxylation sites is 1. The molecular weight excluding hydrogens is 337 g/mol. The van der Waals surface area contributed by atoms with Crippen LogP contribution in [0, 0.1) is 6.92 Å². The van der Waals surface area contributed by atoms with Crippen LogP contribution < -0.4 is 7.58 Å². The van der Waals surface area contributed by atoms with Crippen molar-refractivity contribution in [2.24, 2.45) is 0 Å². The molecule has 0 saturated heterocycles. The lowest BCUT2D eigenvalue weighted by molar-refractivity contribution is 0.461. The van der Waals surface area contributed by atoms with Crippen molar-refractivity contribution in [3.05, 3.63) is 90.6 Å². The second kappa shape index (κ2) is 7.62. The van der Waals surface area contributed by atoms with Crippen molar-refractivity contribution >= 4 is 26.8 Å². The zero-order valence-corrected chi connectivity index (χ0v) is 16.0. The molecule has 0 aliphatic carbocycles. The van der Waals surface area contributed by atoms with Crippen LogP contribution in [0.25, 0.3) is 22.0 Å². The van der Waals surface area contributed by atoms with Gasteiger partial charge in [0.2, 0.25) is 0 Å². The second-order valence-electron chi connectivity index (χ2n) is 6.08. The van der Waals surface area contributed by atoms with Crippen molar-refractivity contribution in [2.75, 3.05) is 0 Å². The maximum absolute atomic E-state index is 5.95. The van der Waals surface area contributed by atoms with Gasteiger partial charge in [0.1, 0.15) is 5.52 Å². The topological polar surface area (TPSA) is 31.4 Å².